The van der Waals surface area contributed by atoms with Crippen LogP contribution in [-0.2, 0) is 0 Å². The van der Waals surface area contributed by atoms with Gasteiger partial charge in [0.2, 0.25) is 0 Å². The Hall–Kier alpha value is -0.160. The van der Waals surface area contributed by atoms with Crippen molar-refractivity contribution in [3.8, 4) is 0 Å². The predicted molar refractivity (Wildman–Crippen MR) is 38.3 cm³/mol. The molecule has 1 atom stereocenters. The number of nitrogens with one attached hydrogen (secondary N) is 1. The van der Waals surface area contributed by atoms with E-state index in [9.17, 15) is 0 Å². The Kier molecular flexibility index (Phi) is 3.08. The fraction of sp³-hybridized carbons (Fsp3) is 1.00. The van der Waals surface area contributed by atoms with E-state index in [1.165, 1.54) is 0 Å². The molecule has 1 saturated heterocycles. The summed E-state index contributed by atoms with van der Waals surface area (Å²) in [6.45, 7) is 5.42. The van der Waals surface area contributed by atoms with Crippen LogP contribution in [0.2, 0.25) is 0 Å². The van der Waals surface area contributed by atoms with Crippen LogP contribution >= 0.6 is 0 Å². The summed E-state index contributed by atoms with van der Waals surface area (Å²) < 4.78 is 0. The number of nitrogens with zero attached hydrogens (tertiary/aromatic N) is 2. The number of rotatable bonds is 2. The highest BCUT2D eigenvalue weighted by atomic mass is 16.3. The first-order chi connectivity index (χ1) is 4.79. The summed E-state index contributed by atoms with van der Waals surface area (Å²) in [5, 5.41) is 14.0. The summed E-state index contributed by atoms with van der Waals surface area (Å²) in [4.78, 5) is 0. The van der Waals surface area contributed by atoms with E-state index in [2.05, 4.69) is 10.7 Å². The first kappa shape index (κ1) is 7.94. The van der Waals surface area contributed by atoms with E-state index in [1.807, 2.05) is 5.01 Å². The minimum atomic E-state index is -0.557. The molecule has 0 spiro atoms. The maximum Gasteiger partial charge on any atom is 0.133 e. The van der Waals surface area contributed by atoms with Crippen LogP contribution < -0.4 is 10.7 Å². The Morgan fingerprint density at radius 1 is 1.50 bits per heavy atom. The first-order valence-corrected chi connectivity index (χ1v) is 3.63. The second-order valence-electron chi connectivity index (χ2n) is 2.45. The van der Waals surface area contributed by atoms with Gasteiger partial charge in [0, 0.05) is 26.2 Å². The molecular formula is C6H14N3O. The summed E-state index contributed by atoms with van der Waals surface area (Å²) in [6.07, 6.45) is -0.557. The molecule has 1 radical (unpaired) electrons. The van der Waals surface area contributed by atoms with Crippen molar-refractivity contribution in [3.05, 3.63) is 0 Å². The number of aliphatic hydroxyl groups is 1. The van der Waals surface area contributed by atoms with Crippen LogP contribution in [-0.4, -0.2) is 42.5 Å². The van der Waals surface area contributed by atoms with Gasteiger partial charge in [-0.15, -0.1) is 5.43 Å². The van der Waals surface area contributed by atoms with Crippen molar-refractivity contribution in [1.29, 1.82) is 0 Å². The third-order valence-electron chi connectivity index (χ3n) is 1.42. The second kappa shape index (κ2) is 3.88. The second-order valence-corrected chi connectivity index (χ2v) is 2.45. The average Bonchev–Trinajstić information content (AvgIpc) is 1.88. The predicted octanol–water partition coefficient (Wildman–Crippen LogP) is -1.25. The highest BCUT2D eigenvalue weighted by Gasteiger charge is 2.11. The summed E-state index contributed by atoms with van der Waals surface area (Å²) in [5.41, 5.74) is 3.99. The van der Waals surface area contributed by atoms with Crippen molar-refractivity contribution in [1.82, 2.24) is 15.8 Å². The molecule has 10 heavy (non-hydrogen) atoms. The Labute approximate surface area is 61.2 Å². The van der Waals surface area contributed by atoms with Crippen LogP contribution in [0, 0.1) is 0 Å². The zero-order chi connectivity index (χ0) is 7.40. The average molecular weight is 144 g/mol. The maximum atomic E-state index is 8.88. The molecule has 1 fully saturated rings. The number of hydrogen-bond acceptors (Lipinski definition) is 3. The Balaban J connectivity index is 2.13. The van der Waals surface area contributed by atoms with Crippen LogP contribution in [0.25, 0.3) is 0 Å². The first-order valence-electron chi connectivity index (χ1n) is 3.63. The lowest BCUT2D eigenvalue weighted by molar-refractivity contribution is 0.0328. The van der Waals surface area contributed by atoms with E-state index in [0.29, 0.717) is 0 Å². The van der Waals surface area contributed by atoms with Crippen molar-refractivity contribution >= 4 is 0 Å². The van der Waals surface area contributed by atoms with E-state index < -0.39 is 6.23 Å². The fourth-order valence-corrected chi connectivity index (χ4v) is 1.00. The fourth-order valence-electron chi connectivity index (χ4n) is 1.00. The number of aliphatic hydroxyl groups excluding tert-OH is 1. The minimum Gasteiger partial charge on any atom is -0.376 e. The zero-order valence-electron chi connectivity index (χ0n) is 6.25. The molecule has 1 aliphatic heterocycles. The molecule has 59 valence electrons. The lowest BCUT2D eigenvalue weighted by Crippen LogP contribution is -2.49. The highest BCUT2D eigenvalue weighted by Crippen LogP contribution is 1.89. The largest absolute Gasteiger partial charge is 0.376 e. The van der Waals surface area contributed by atoms with Gasteiger partial charge in [-0.25, -0.2) is 5.01 Å². The summed E-state index contributed by atoms with van der Waals surface area (Å²) in [6, 6.07) is 0. The molecule has 0 aromatic carbocycles. The van der Waals surface area contributed by atoms with E-state index in [4.69, 9.17) is 5.11 Å². The maximum absolute atomic E-state index is 8.88. The minimum absolute atomic E-state index is 0.557. The van der Waals surface area contributed by atoms with Crippen molar-refractivity contribution < 1.29 is 5.11 Å². The lowest BCUT2D eigenvalue weighted by atomic mass is 10.4. The smallest absolute Gasteiger partial charge is 0.133 e. The highest BCUT2D eigenvalue weighted by molar-refractivity contribution is 4.63. The standard InChI is InChI=1S/C6H14N3O/c1-6(10)8-9-4-2-7-3-5-9/h6-7,10H,2-5H2,1H3. The molecule has 0 aliphatic carbocycles. The van der Waals surface area contributed by atoms with Gasteiger partial charge >= 0.3 is 0 Å². The monoisotopic (exact) mass is 144 g/mol. The summed E-state index contributed by atoms with van der Waals surface area (Å²) in [5.74, 6) is 0. The van der Waals surface area contributed by atoms with Gasteiger partial charge in [-0.05, 0) is 6.92 Å². The number of hydrogen-bond donors (Lipinski definition) is 2. The number of piperazine rings is 1. The Morgan fingerprint density at radius 2 is 2.10 bits per heavy atom. The van der Waals surface area contributed by atoms with Gasteiger partial charge < -0.3 is 10.4 Å². The van der Waals surface area contributed by atoms with Crippen molar-refractivity contribution in [2.24, 2.45) is 0 Å². The summed E-state index contributed by atoms with van der Waals surface area (Å²) >= 11 is 0. The molecule has 0 aromatic rings. The quantitative estimate of drug-likeness (QED) is 0.509. The van der Waals surface area contributed by atoms with Gasteiger partial charge in [-0.3, -0.25) is 0 Å². The molecule has 1 unspecified atom stereocenters. The van der Waals surface area contributed by atoms with Crippen LogP contribution in [0.3, 0.4) is 0 Å². The van der Waals surface area contributed by atoms with Crippen LogP contribution in [0.5, 0.6) is 0 Å². The molecule has 4 nitrogen and oxygen atoms in total. The van der Waals surface area contributed by atoms with Gasteiger partial charge in [0.25, 0.3) is 0 Å². The van der Waals surface area contributed by atoms with Crippen LogP contribution in [0.1, 0.15) is 6.92 Å². The summed E-state index contributed by atoms with van der Waals surface area (Å²) in [7, 11) is 0. The van der Waals surface area contributed by atoms with E-state index >= 15 is 0 Å². The third kappa shape index (κ3) is 2.62. The Bertz CT molecular complexity index is 91.0. The van der Waals surface area contributed by atoms with E-state index in [0.717, 1.165) is 26.2 Å². The molecule has 1 aliphatic rings. The molecule has 1 heterocycles. The van der Waals surface area contributed by atoms with Gasteiger partial charge in [-0.2, -0.15) is 0 Å². The molecule has 0 amide bonds. The SMILES string of the molecule is CC(O)[N]N1CCNCC1. The van der Waals surface area contributed by atoms with E-state index in [1.54, 1.807) is 6.92 Å². The molecular weight excluding hydrogens is 130 g/mol. The molecule has 4 heteroatoms. The molecule has 0 aromatic heterocycles. The van der Waals surface area contributed by atoms with Gasteiger partial charge in [0.15, 0.2) is 0 Å². The van der Waals surface area contributed by atoms with Gasteiger partial charge in [0.1, 0.15) is 6.23 Å². The Morgan fingerprint density at radius 3 is 2.60 bits per heavy atom. The van der Waals surface area contributed by atoms with Crippen molar-refractivity contribution in [2.45, 2.75) is 13.2 Å². The van der Waals surface area contributed by atoms with Gasteiger partial charge in [-0.1, -0.05) is 0 Å². The molecule has 2 N–H and O–H groups in total. The van der Waals surface area contributed by atoms with Gasteiger partial charge in [0.05, 0.1) is 0 Å². The molecule has 0 saturated carbocycles. The third-order valence-corrected chi connectivity index (χ3v) is 1.42. The zero-order valence-corrected chi connectivity index (χ0v) is 6.25. The van der Waals surface area contributed by atoms with Crippen LogP contribution in [0.15, 0.2) is 0 Å². The van der Waals surface area contributed by atoms with Crippen molar-refractivity contribution in [3.63, 3.8) is 0 Å². The molecule has 1 rings (SSSR count). The normalized spacial score (nSPS) is 24.6. The van der Waals surface area contributed by atoms with Crippen LogP contribution in [0.4, 0.5) is 0 Å². The van der Waals surface area contributed by atoms with E-state index in [-0.39, 0.29) is 0 Å². The lowest BCUT2D eigenvalue weighted by Gasteiger charge is -2.26. The topological polar surface area (TPSA) is 49.6 Å². The molecule has 0 bridgehead atoms. The van der Waals surface area contributed by atoms with Crippen molar-refractivity contribution in [2.75, 3.05) is 26.2 Å².